The SMILES string of the molecule is CNCc1cc(S(=O)(=O)N2CCN(C)CC2C)cn1C. The van der Waals surface area contributed by atoms with Gasteiger partial charge in [-0.05, 0) is 27.1 Å². The minimum Gasteiger partial charge on any atom is -0.352 e. The molecule has 1 aromatic rings. The number of piperazine rings is 1. The molecule has 1 aliphatic heterocycles. The van der Waals surface area contributed by atoms with Gasteiger partial charge in [0.1, 0.15) is 4.90 Å². The van der Waals surface area contributed by atoms with Gasteiger partial charge in [0.2, 0.25) is 10.0 Å². The molecular formula is C13H24N4O2S. The van der Waals surface area contributed by atoms with Crippen LogP contribution in [0.2, 0.25) is 0 Å². The molecule has 1 saturated heterocycles. The van der Waals surface area contributed by atoms with Gasteiger partial charge in [-0.15, -0.1) is 0 Å². The molecule has 1 fully saturated rings. The summed E-state index contributed by atoms with van der Waals surface area (Å²) in [5.41, 5.74) is 0.966. The molecule has 0 bridgehead atoms. The number of aromatic nitrogens is 1. The normalized spacial score (nSPS) is 22.3. The van der Waals surface area contributed by atoms with Crippen LogP contribution in [-0.4, -0.2) is 62.0 Å². The molecule has 0 saturated carbocycles. The number of hydrogen-bond donors (Lipinski definition) is 1. The lowest BCUT2D eigenvalue weighted by molar-refractivity contribution is 0.170. The summed E-state index contributed by atoms with van der Waals surface area (Å²) in [6.45, 7) is 4.72. The first-order chi connectivity index (χ1) is 9.36. The van der Waals surface area contributed by atoms with Crippen LogP contribution in [-0.2, 0) is 23.6 Å². The largest absolute Gasteiger partial charge is 0.352 e. The summed E-state index contributed by atoms with van der Waals surface area (Å²) in [6.07, 6.45) is 1.70. The lowest BCUT2D eigenvalue weighted by Crippen LogP contribution is -2.52. The van der Waals surface area contributed by atoms with Crippen molar-refractivity contribution in [3.63, 3.8) is 0 Å². The summed E-state index contributed by atoms with van der Waals surface area (Å²) in [5, 5.41) is 3.05. The van der Waals surface area contributed by atoms with E-state index < -0.39 is 10.0 Å². The van der Waals surface area contributed by atoms with Gasteiger partial charge in [-0.3, -0.25) is 0 Å². The van der Waals surface area contributed by atoms with E-state index in [1.165, 1.54) is 0 Å². The predicted molar refractivity (Wildman–Crippen MR) is 79.0 cm³/mol. The first kappa shape index (κ1) is 15.5. The molecule has 0 spiro atoms. The Hall–Kier alpha value is -0.890. The zero-order valence-corrected chi connectivity index (χ0v) is 13.4. The molecule has 20 heavy (non-hydrogen) atoms. The van der Waals surface area contributed by atoms with Crippen molar-refractivity contribution < 1.29 is 8.42 Å². The highest BCUT2D eigenvalue weighted by molar-refractivity contribution is 7.89. The van der Waals surface area contributed by atoms with E-state index in [2.05, 4.69) is 10.2 Å². The fourth-order valence-corrected chi connectivity index (χ4v) is 4.40. The number of nitrogens with zero attached hydrogens (tertiary/aromatic N) is 3. The number of hydrogen-bond acceptors (Lipinski definition) is 4. The summed E-state index contributed by atoms with van der Waals surface area (Å²) >= 11 is 0. The van der Waals surface area contributed by atoms with Crippen molar-refractivity contribution in [2.24, 2.45) is 7.05 Å². The van der Waals surface area contributed by atoms with Gasteiger partial charge in [-0.2, -0.15) is 4.31 Å². The lowest BCUT2D eigenvalue weighted by Gasteiger charge is -2.36. The maximum absolute atomic E-state index is 12.7. The maximum atomic E-state index is 12.7. The van der Waals surface area contributed by atoms with Crippen LogP contribution >= 0.6 is 0 Å². The molecule has 114 valence electrons. The van der Waals surface area contributed by atoms with Gasteiger partial charge >= 0.3 is 0 Å². The average Bonchev–Trinajstić information content (AvgIpc) is 2.72. The van der Waals surface area contributed by atoms with E-state index in [4.69, 9.17) is 0 Å². The number of likely N-dealkylation sites (N-methyl/N-ethyl adjacent to an activating group) is 1. The van der Waals surface area contributed by atoms with Crippen molar-refractivity contribution in [3.05, 3.63) is 18.0 Å². The highest BCUT2D eigenvalue weighted by Crippen LogP contribution is 2.22. The van der Waals surface area contributed by atoms with Crippen LogP contribution in [0.4, 0.5) is 0 Å². The van der Waals surface area contributed by atoms with Crippen LogP contribution in [0.5, 0.6) is 0 Å². The van der Waals surface area contributed by atoms with Crippen molar-refractivity contribution in [3.8, 4) is 0 Å². The molecule has 0 aromatic carbocycles. The highest BCUT2D eigenvalue weighted by Gasteiger charge is 2.33. The summed E-state index contributed by atoms with van der Waals surface area (Å²) in [6, 6.07) is 1.77. The van der Waals surface area contributed by atoms with Gasteiger partial charge in [0, 0.05) is 51.2 Å². The molecule has 0 radical (unpaired) electrons. The van der Waals surface area contributed by atoms with Crippen molar-refractivity contribution in [1.29, 1.82) is 0 Å². The Morgan fingerprint density at radius 2 is 2.05 bits per heavy atom. The van der Waals surface area contributed by atoms with Crippen molar-refractivity contribution >= 4 is 10.0 Å². The van der Waals surface area contributed by atoms with Gasteiger partial charge in [-0.1, -0.05) is 0 Å². The third-order valence-corrected chi connectivity index (χ3v) is 5.80. The second-order valence-corrected chi connectivity index (χ2v) is 7.43. The fourth-order valence-electron chi connectivity index (χ4n) is 2.69. The first-order valence-corrected chi connectivity index (χ1v) is 8.30. The predicted octanol–water partition coefficient (Wildman–Crippen LogP) is 0.0691. The Morgan fingerprint density at radius 1 is 1.35 bits per heavy atom. The van der Waals surface area contributed by atoms with E-state index in [0.717, 1.165) is 18.8 Å². The van der Waals surface area contributed by atoms with Crippen LogP contribution in [0.1, 0.15) is 12.6 Å². The van der Waals surface area contributed by atoms with Crippen molar-refractivity contribution in [2.45, 2.75) is 24.4 Å². The summed E-state index contributed by atoms with van der Waals surface area (Å²) in [5.74, 6) is 0. The molecule has 1 aromatic heterocycles. The van der Waals surface area contributed by atoms with E-state index >= 15 is 0 Å². The molecule has 1 aliphatic rings. The Bertz CT molecular complexity index is 567. The second kappa shape index (κ2) is 5.85. The standard InChI is InChI=1S/C13H24N4O2S/c1-11-9-15(3)5-6-17(11)20(18,19)13-7-12(8-14-2)16(4)10-13/h7,10-11,14H,5-6,8-9H2,1-4H3. The molecule has 7 heteroatoms. The topological polar surface area (TPSA) is 57.6 Å². The van der Waals surface area contributed by atoms with Crippen molar-refractivity contribution in [1.82, 2.24) is 19.1 Å². The number of sulfonamides is 1. The zero-order chi connectivity index (χ0) is 14.9. The maximum Gasteiger partial charge on any atom is 0.244 e. The smallest absolute Gasteiger partial charge is 0.244 e. The van der Waals surface area contributed by atoms with Gasteiger partial charge in [0.15, 0.2) is 0 Å². The third kappa shape index (κ3) is 2.90. The molecular weight excluding hydrogens is 276 g/mol. The van der Waals surface area contributed by atoms with Crippen LogP contribution < -0.4 is 5.32 Å². The third-order valence-electron chi connectivity index (χ3n) is 3.82. The molecule has 0 amide bonds. The Kier molecular flexibility index (Phi) is 4.53. The summed E-state index contributed by atoms with van der Waals surface area (Å²) in [4.78, 5) is 2.55. The molecule has 6 nitrogen and oxygen atoms in total. The van der Waals surface area contributed by atoms with Gasteiger partial charge < -0.3 is 14.8 Å². The van der Waals surface area contributed by atoms with E-state index in [-0.39, 0.29) is 6.04 Å². The highest BCUT2D eigenvalue weighted by atomic mass is 32.2. The van der Waals surface area contributed by atoms with Crippen LogP contribution in [0.25, 0.3) is 0 Å². The van der Waals surface area contributed by atoms with Crippen molar-refractivity contribution in [2.75, 3.05) is 33.7 Å². The van der Waals surface area contributed by atoms with Gasteiger partial charge in [0.25, 0.3) is 0 Å². The lowest BCUT2D eigenvalue weighted by atomic mass is 10.2. The molecule has 2 rings (SSSR count). The zero-order valence-electron chi connectivity index (χ0n) is 12.6. The molecule has 1 atom stereocenters. The van der Waals surface area contributed by atoms with E-state index in [0.29, 0.717) is 18.0 Å². The molecule has 1 N–H and O–H groups in total. The average molecular weight is 300 g/mol. The van der Waals surface area contributed by atoms with E-state index in [9.17, 15) is 8.42 Å². The van der Waals surface area contributed by atoms with E-state index in [1.807, 2.05) is 32.6 Å². The quantitative estimate of drug-likeness (QED) is 0.855. The summed E-state index contributed by atoms with van der Waals surface area (Å²) in [7, 11) is 2.35. The van der Waals surface area contributed by atoms with Crippen LogP contribution in [0.15, 0.2) is 17.2 Å². The Morgan fingerprint density at radius 3 is 2.65 bits per heavy atom. The fraction of sp³-hybridized carbons (Fsp3) is 0.692. The molecule has 0 aliphatic carbocycles. The number of nitrogens with one attached hydrogen (secondary N) is 1. The van der Waals surface area contributed by atoms with Crippen LogP contribution in [0.3, 0.4) is 0 Å². The van der Waals surface area contributed by atoms with Gasteiger partial charge in [0.05, 0.1) is 0 Å². The van der Waals surface area contributed by atoms with Gasteiger partial charge in [-0.25, -0.2) is 8.42 Å². The number of rotatable bonds is 4. The van der Waals surface area contributed by atoms with Crippen LogP contribution in [0, 0.1) is 0 Å². The monoisotopic (exact) mass is 300 g/mol. The van der Waals surface area contributed by atoms with E-state index in [1.54, 1.807) is 16.6 Å². The molecule has 1 unspecified atom stereocenters. The minimum absolute atomic E-state index is 0.00621. The second-order valence-electron chi connectivity index (χ2n) is 5.54. The summed E-state index contributed by atoms with van der Waals surface area (Å²) < 4.78 is 29.0. The Balaban J connectivity index is 2.28. The number of aryl methyl sites for hydroxylation is 1. The minimum atomic E-state index is -3.40. The first-order valence-electron chi connectivity index (χ1n) is 6.86. The Labute approximate surface area is 121 Å². The molecule has 2 heterocycles.